The summed E-state index contributed by atoms with van der Waals surface area (Å²) in [5.74, 6) is 0. The van der Waals surface area contributed by atoms with Crippen LogP contribution in [0.25, 0.3) is 0 Å². The van der Waals surface area contributed by atoms with Crippen molar-refractivity contribution >= 4 is 39.4 Å². The Labute approximate surface area is 161 Å². The van der Waals surface area contributed by atoms with Gasteiger partial charge in [-0.1, -0.05) is 64.1 Å². The van der Waals surface area contributed by atoms with Crippen LogP contribution in [0.2, 0.25) is 0 Å². The van der Waals surface area contributed by atoms with Crippen molar-refractivity contribution in [3.05, 3.63) is 75.7 Å². The maximum absolute atomic E-state index is 14.0. The molecule has 2 aromatic rings. The number of amides is 2. The van der Waals surface area contributed by atoms with Crippen molar-refractivity contribution in [1.29, 1.82) is 0 Å². The van der Waals surface area contributed by atoms with E-state index < -0.39 is 17.1 Å². The standard InChI is InChI=1S/C18H14BrF3N2OS/c1-11-3-5-13(6-4-11)17(18(20,21)22)23-16(25)24(12(2)26-17)15-9-7-14(19)8-10-15/h3-10H,2H2,1H3,(H,23,25)/t17-/m1/s1. The lowest BCUT2D eigenvalue weighted by atomic mass is 10.0. The van der Waals surface area contributed by atoms with Crippen LogP contribution in [-0.2, 0) is 4.87 Å². The van der Waals surface area contributed by atoms with Gasteiger partial charge in [0.1, 0.15) is 0 Å². The van der Waals surface area contributed by atoms with E-state index in [1.165, 1.54) is 12.1 Å². The smallest absolute Gasteiger partial charge is 0.311 e. The zero-order valence-electron chi connectivity index (χ0n) is 13.6. The molecule has 1 saturated heterocycles. The number of carbonyl (C=O) groups excluding carboxylic acids is 1. The van der Waals surface area contributed by atoms with E-state index in [0.717, 1.165) is 14.9 Å². The summed E-state index contributed by atoms with van der Waals surface area (Å²) in [5, 5.41) is 2.15. The number of halogens is 4. The van der Waals surface area contributed by atoms with Crippen LogP contribution in [-0.4, -0.2) is 12.2 Å². The van der Waals surface area contributed by atoms with Gasteiger partial charge in [-0.25, -0.2) is 4.79 Å². The molecule has 0 bridgehead atoms. The number of anilines is 1. The van der Waals surface area contributed by atoms with Crippen LogP contribution in [0.5, 0.6) is 0 Å². The molecule has 0 radical (unpaired) electrons. The predicted molar refractivity (Wildman–Crippen MR) is 101 cm³/mol. The minimum atomic E-state index is -4.71. The third-order valence-electron chi connectivity index (χ3n) is 3.95. The lowest BCUT2D eigenvalue weighted by Crippen LogP contribution is -2.60. The van der Waals surface area contributed by atoms with Crippen LogP contribution in [0.15, 0.2) is 64.6 Å². The van der Waals surface area contributed by atoms with Gasteiger partial charge in [0.15, 0.2) is 0 Å². The summed E-state index contributed by atoms with van der Waals surface area (Å²) in [6.45, 7) is 5.50. The molecule has 1 aliphatic heterocycles. The Balaban J connectivity index is 2.03. The van der Waals surface area contributed by atoms with Gasteiger partial charge in [0.25, 0.3) is 0 Å². The molecule has 1 aliphatic rings. The number of carbonyl (C=O) groups is 1. The summed E-state index contributed by atoms with van der Waals surface area (Å²) in [6.07, 6.45) is -4.71. The third kappa shape index (κ3) is 3.23. The predicted octanol–water partition coefficient (Wildman–Crippen LogP) is 5.91. The lowest BCUT2D eigenvalue weighted by molar-refractivity contribution is -0.167. The van der Waals surface area contributed by atoms with E-state index >= 15 is 0 Å². The number of nitrogens with zero attached hydrogens (tertiary/aromatic N) is 1. The number of thioether (sulfide) groups is 1. The molecule has 0 aliphatic carbocycles. The van der Waals surface area contributed by atoms with E-state index in [1.807, 2.05) is 0 Å². The van der Waals surface area contributed by atoms with E-state index in [0.29, 0.717) is 17.4 Å². The normalized spacial score (nSPS) is 20.9. The third-order valence-corrected chi connectivity index (χ3v) is 5.77. The quantitative estimate of drug-likeness (QED) is 0.626. The maximum atomic E-state index is 14.0. The molecule has 0 spiro atoms. The van der Waals surface area contributed by atoms with Gasteiger partial charge in [0, 0.05) is 4.47 Å². The van der Waals surface area contributed by atoms with Crippen LogP contribution < -0.4 is 10.2 Å². The van der Waals surface area contributed by atoms with Gasteiger partial charge < -0.3 is 5.32 Å². The highest BCUT2D eigenvalue weighted by Gasteiger charge is 2.61. The number of rotatable bonds is 2. The SMILES string of the molecule is C=C1S[C@](c2ccc(C)cc2)(C(F)(F)F)NC(=O)N1c1ccc(Br)cc1. The highest BCUT2D eigenvalue weighted by Crippen LogP contribution is 2.53. The summed E-state index contributed by atoms with van der Waals surface area (Å²) in [6, 6.07) is 11.7. The molecule has 26 heavy (non-hydrogen) atoms. The summed E-state index contributed by atoms with van der Waals surface area (Å²) in [4.78, 5) is 11.2. The van der Waals surface area contributed by atoms with Crippen LogP contribution in [0.3, 0.4) is 0 Å². The summed E-state index contributed by atoms with van der Waals surface area (Å²) in [7, 11) is 0. The molecule has 1 heterocycles. The maximum Gasteiger partial charge on any atom is 0.425 e. The molecule has 0 saturated carbocycles. The summed E-state index contributed by atoms with van der Waals surface area (Å²) in [5.41, 5.74) is 1.21. The van der Waals surface area contributed by atoms with E-state index in [4.69, 9.17) is 0 Å². The Kier molecular flexibility index (Phi) is 4.83. The number of nitrogens with one attached hydrogen (secondary N) is 1. The largest absolute Gasteiger partial charge is 0.425 e. The van der Waals surface area contributed by atoms with Gasteiger partial charge in [-0.05, 0) is 36.8 Å². The highest BCUT2D eigenvalue weighted by atomic mass is 79.9. The van der Waals surface area contributed by atoms with Crippen LogP contribution in [0.4, 0.5) is 23.7 Å². The van der Waals surface area contributed by atoms with E-state index in [1.54, 1.807) is 43.3 Å². The van der Waals surface area contributed by atoms with Gasteiger partial charge in [0.05, 0.1) is 10.7 Å². The van der Waals surface area contributed by atoms with Crippen molar-refractivity contribution in [2.24, 2.45) is 0 Å². The van der Waals surface area contributed by atoms with Crippen molar-refractivity contribution in [3.8, 4) is 0 Å². The second-order valence-corrected chi connectivity index (χ2v) is 7.99. The number of urea groups is 1. The Morgan fingerprint density at radius 2 is 1.69 bits per heavy atom. The first-order valence-electron chi connectivity index (χ1n) is 7.54. The first-order chi connectivity index (χ1) is 12.1. The molecule has 2 aromatic carbocycles. The Hall–Kier alpha value is -1.93. The van der Waals surface area contributed by atoms with Crippen LogP contribution in [0.1, 0.15) is 11.1 Å². The molecule has 1 fully saturated rings. The Bertz CT molecular complexity index is 832. The lowest BCUT2D eigenvalue weighted by Gasteiger charge is -2.43. The van der Waals surface area contributed by atoms with Crippen molar-refractivity contribution in [1.82, 2.24) is 5.32 Å². The summed E-state index contributed by atoms with van der Waals surface area (Å²) < 4.78 is 42.8. The van der Waals surface area contributed by atoms with Crippen molar-refractivity contribution in [3.63, 3.8) is 0 Å². The first-order valence-corrected chi connectivity index (χ1v) is 9.14. The second kappa shape index (κ2) is 6.66. The number of benzene rings is 2. The molecule has 136 valence electrons. The molecule has 2 amide bonds. The summed E-state index contributed by atoms with van der Waals surface area (Å²) >= 11 is 3.76. The highest BCUT2D eigenvalue weighted by molar-refractivity contribution is 9.10. The van der Waals surface area contributed by atoms with Crippen LogP contribution >= 0.6 is 27.7 Å². The van der Waals surface area contributed by atoms with Crippen molar-refractivity contribution < 1.29 is 18.0 Å². The molecule has 3 rings (SSSR count). The Morgan fingerprint density at radius 3 is 2.19 bits per heavy atom. The minimum absolute atomic E-state index is 0.00558. The zero-order valence-corrected chi connectivity index (χ0v) is 16.0. The van der Waals surface area contributed by atoms with Gasteiger partial charge in [-0.3, -0.25) is 4.90 Å². The topological polar surface area (TPSA) is 32.3 Å². The number of hydrogen-bond acceptors (Lipinski definition) is 2. The molecule has 0 unspecified atom stereocenters. The van der Waals surface area contributed by atoms with Crippen LogP contribution in [0, 0.1) is 6.92 Å². The van der Waals surface area contributed by atoms with E-state index in [2.05, 4.69) is 27.8 Å². The van der Waals surface area contributed by atoms with Gasteiger partial charge in [0.2, 0.25) is 4.87 Å². The molecular weight excluding hydrogens is 429 g/mol. The number of alkyl halides is 3. The fourth-order valence-corrected chi connectivity index (χ4v) is 4.04. The fraction of sp³-hybridized carbons (Fsp3) is 0.167. The average Bonchev–Trinajstić information content (AvgIpc) is 2.55. The molecule has 0 aromatic heterocycles. The molecule has 1 atom stereocenters. The van der Waals surface area contributed by atoms with Gasteiger partial charge in [-0.15, -0.1) is 0 Å². The van der Waals surface area contributed by atoms with Crippen molar-refractivity contribution in [2.75, 3.05) is 4.90 Å². The first kappa shape index (κ1) is 18.8. The molecule has 3 nitrogen and oxygen atoms in total. The Morgan fingerprint density at radius 1 is 1.12 bits per heavy atom. The van der Waals surface area contributed by atoms with Crippen molar-refractivity contribution in [2.45, 2.75) is 18.0 Å². The molecular formula is C18H14BrF3N2OS. The fourth-order valence-electron chi connectivity index (χ4n) is 2.63. The zero-order chi connectivity index (χ0) is 19.1. The molecule has 1 N–H and O–H groups in total. The van der Waals surface area contributed by atoms with E-state index in [9.17, 15) is 18.0 Å². The second-order valence-electron chi connectivity index (χ2n) is 5.78. The number of hydrogen-bond donors (Lipinski definition) is 1. The molecule has 8 heteroatoms. The number of aryl methyl sites for hydroxylation is 1. The average molecular weight is 443 g/mol. The monoisotopic (exact) mass is 442 g/mol. The van der Waals surface area contributed by atoms with Gasteiger partial charge in [-0.2, -0.15) is 13.2 Å². The van der Waals surface area contributed by atoms with Gasteiger partial charge >= 0.3 is 12.2 Å². The minimum Gasteiger partial charge on any atom is -0.311 e. The van der Waals surface area contributed by atoms with E-state index in [-0.39, 0.29) is 10.6 Å².